The van der Waals surface area contributed by atoms with Crippen molar-refractivity contribution in [3.63, 3.8) is 0 Å². The summed E-state index contributed by atoms with van der Waals surface area (Å²) in [4.78, 5) is 29.9. The number of anilines is 1. The van der Waals surface area contributed by atoms with E-state index in [1.165, 1.54) is 17.0 Å². The summed E-state index contributed by atoms with van der Waals surface area (Å²) in [6, 6.07) is 27.9. The number of benzene rings is 4. The Hall–Kier alpha value is -3.37. The fourth-order valence-corrected chi connectivity index (χ4v) is 6.84. The molecule has 11 heteroatoms. The lowest BCUT2D eigenvalue weighted by molar-refractivity contribution is -0.140. The second-order valence-electron chi connectivity index (χ2n) is 10.6. The van der Waals surface area contributed by atoms with Crippen LogP contribution in [0, 0.1) is 0 Å². The average Bonchev–Trinajstić information content (AvgIpc) is 3.03. The van der Waals surface area contributed by atoms with E-state index in [1.807, 2.05) is 44.2 Å². The van der Waals surface area contributed by atoms with Gasteiger partial charge in [0.1, 0.15) is 12.6 Å². The van der Waals surface area contributed by atoms with Crippen molar-refractivity contribution in [2.75, 3.05) is 10.8 Å². The van der Waals surface area contributed by atoms with Gasteiger partial charge in [0.05, 0.1) is 20.6 Å². The number of amides is 2. The molecule has 45 heavy (non-hydrogen) atoms. The molecule has 0 aromatic heterocycles. The van der Waals surface area contributed by atoms with Crippen LogP contribution in [-0.4, -0.2) is 43.8 Å². The molecule has 0 radical (unpaired) electrons. The van der Waals surface area contributed by atoms with E-state index in [1.54, 1.807) is 60.7 Å². The Bertz CT molecular complexity index is 1730. The van der Waals surface area contributed by atoms with Crippen LogP contribution in [0.1, 0.15) is 31.4 Å². The smallest absolute Gasteiger partial charge is 0.264 e. The molecular weight excluding hydrogens is 697 g/mol. The van der Waals surface area contributed by atoms with E-state index in [9.17, 15) is 18.0 Å². The van der Waals surface area contributed by atoms with Crippen molar-refractivity contribution in [2.24, 2.45) is 0 Å². The summed E-state index contributed by atoms with van der Waals surface area (Å²) in [6.45, 7) is 3.28. The summed E-state index contributed by atoms with van der Waals surface area (Å²) in [7, 11) is -4.19. The van der Waals surface area contributed by atoms with E-state index < -0.39 is 28.5 Å². The highest BCUT2D eigenvalue weighted by Gasteiger charge is 2.35. The molecule has 4 aromatic carbocycles. The number of carbonyl (C=O) groups is 2. The molecule has 0 saturated heterocycles. The predicted molar refractivity (Wildman–Crippen MR) is 184 cm³/mol. The predicted octanol–water partition coefficient (Wildman–Crippen LogP) is 7.51. The first-order valence-electron chi connectivity index (χ1n) is 14.4. The number of nitrogens with zero attached hydrogens (tertiary/aromatic N) is 2. The Balaban J connectivity index is 1.82. The first kappa shape index (κ1) is 34.5. The lowest BCUT2D eigenvalue weighted by atomic mass is 10.0. The van der Waals surface area contributed by atoms with Crippen LogP contribution in [0.4, 0.5) is 5.69 Å². The van der Waals surface area contributed by atoms with Gasteiger partial charge in [0.25, 0.3) is 10.0 Å². The summed E-state index contributed by atoms with van der Waals surface area (Å²) in [5.41, 5.74) is 1.77. The van der Waals surface area contributed by atoms with Crippen molar-refractivity contribution in [3.8, 4) is 0 Å². The van der Waals surface area contributed by atoms with Crippen LogP contribution in [0.15, 0.2) is 112 Å². The fourth-order valence-electron chi connectivity index (χ4n) is 4.71. The first-order valence-corrected chi connectivity index (χ1v) is 17.4. The molecule has 0 aliphatic carbocycles. The number of carbonyl (C=O) groups excluding carboxylic acids is 2. The molecule has 0 bridgehead atoms. The summed E-state index contributed by atoms with van der Waals surface area (Å²) in [5, 5.41) is 3.67. The zero-order valence-corrected chi connectivity index (χ0v) is 28.8. The molecule has 0 unspecified atom stereocenters. The van der Waals surface area contributed by atoms with Crippen LogP contribution in [0.2, 0.25) is 10.0 Å². The normalized spacial score (nSPS) is 12.6. The van der Waals surface area contributed by atoms with E-state index in [2.05, 4.69) is 21.2 Å². The van der Waals surface area contributed by atoms with Crippen LogP contribution in [0.5, 0.6) is 0 Å². The van der Waals surface area contributed by atoms with Crippen molar-refractivity contribution in [2.45, 2.75) is 50.2 Å². The van der Waals surface area contributed by atoms with Gasteiger partial charge in [-0.2, -0.15) is 0 Å². The lowest BCUT2D eigenvalue weighted by Crippen LogP contribution is -2.54. The third-order valence-electron chi connectivity index (χ3n) is 7.32. The number of hydrogen-bond donors (Lipinski definition) is 1. The van der Waals surface area contributed by atoms with Gasteiger partial charge in [0.2, 0.25) is 11.8 Å². The van der Waals surface area contributed by atoms with Crippen LogP contribution >= 0.6 is 39.1 Å². The summed E-state index contributed by atoms with van der Waals surface area (Å²) in [5.74, 6) is -0.915. The zero-order valence-electron chi connectivity index (χ0n) is 24.9. The number of sulfonamides is 1. The lowest BCUT2D eigenvalue weighted by Gasteiger charge is -2.34. The minimum atomic E-state index is -4.19. The van der Waals surface area contributed by atoms with Gasteiger partial charge in [-0.15, -0.1) is 0 Å². The minimum Gasteiger partial charge on any atom is -0.352 e. The standard InChI is InChI=1S/C34H34BrCl2N3O4S/c1-3-24(2)38-34(42)32(20-25-11-6-4-7-12-25)39(22-26-17-18-30(36)31(37)19-26)33(41)23-40(28-14-10-13-27(35)21-28)45(43,44)29-15-8-5-9-16-29/h4-19,21,24,32H,3,20,22-23H2,1-2H3,(H,38,42)/t24-,32+/m1/s1. The van der Waals surface area contributed by atoms with Gasteiger partial charge in [0, 0.05) is 23.5 Å². The van der Waals surface area contributed by atoms with Crippen molar-refractivity contribution in [1.29, 1.82) is 0 Å². The highest BCUT2D eigenvalue weighted by Crippen LogP contribution is 2.28. The quantitative estimate of drug-likeness (QED) is 0.154. The van der Waals surface area contributed by atoms with E-state index in [0.29, 0.717) is 32.2 Å². The molecule has 2 amide bonds. The molecule has 0 heterocycles. The molecule has 0 aliphatic heterocycles. The summed E-state index contributed by atoms with van der Waals surface area (Å²) in [6.07, 6.45) is 0.898. The number of hydrogen-bond acceptors (Lipinski definition) is 4. The van der Waals surface area contributed by atoms with Gasteiger partial charge in [0.15, 0.2) is 0 Å². The van der Waals surface area contributed by atoms with E-state index in [0.717, 1.165) is 9.87 Å². The van der Waals surface area contributed by atoms with Crippen molar-refractivity contribution in [3.05, 3.63) is 129 Å². The second-order valence-corrected chi connectivity index (χ2v) is 14.2. The number of halogens is 3. The molecule has 236 valence electrons. The minimum absolute atomic E-state index is 0.0150. The summed E-state index contributed by atoms with van der Waals surface area (Å²) < 4.78 is 29.8. The van der Waals surface area contributed by atoms with Crippen LogP contribution in [-0.2, 0) is 32.6 Å². The van der Waals surface area contributed by atoms with Crippen molar-refractivity contribution >= 4 is 66.7 Å². The summed E-state index contributed by atoms with van der Waals surface area (Å²) >= 11 is 15.9. The Morgan fingerprint density at radius 1 is 0.844 bits per heavy atom. The average molecular weight is 732 g/mol. The monoisotopic (exact) mass is 729 g/mol. The Morgan fingerprint density at radius 2 is 1.51 bits per heavy atom. The fraction of sp³-hybridized carbons (Fsp3) is 0.235. The highest BCUT2D eigenvalue weighted by atomic mass is 79.9. The van der Waals surface area contributed by atoms with Crippen LogP contribution < -0.4 is 9.62 Å². The Kier molecular flexibility index (Phi) is 12.1. The number of rotatable bonds is 13. The maximum absolute atomic E-state index is 14.5. The van der Waals surface area contributed by atoms with E-state index >= 15 is 0 Å². The van der Waals surface area contributed by atoms with Crippen LogP contribution in [0.3, 0.4) is 0 Å². The van der Waals surface area contributed by atoms with Gasteiger partial charge >= 0.3 is 0 Å². The maximum Gasteiger partial charge on any atom is 0.264 e. The molecular formula is C34H34BrCl2N3O4S. The highest BCUT2D eigenvalue weighted by molar-refractivity contribution is 9.10. The molecule has 7 nitrogen and oxygen atoms in total. The van der Waals surface area contributed by atoms with Crippen molar-refractivity contribution in [1.82, 2.24) is 10.2 Å². The molecule has 4 rings (SSSR count). The molecule has 4 aromatic rings. The third-order valence-corrected chi connectivity index (χ3v) is 10.3. The molecule has 2 atom stereocenters. The van der Waals surface area contributed by atoms with E-state index in [4.69, 9.17) is 23.2 Å². The Morgan fingerprint density at radius 3 is 2.13 bits per heavy atom. The van der Waals surface area contributed by atoms with Gasteiger partial charge in [-0.1, -0.05) is 107 Å². The van der Waals surface area contributed by atoms with Gasteiger partial charge in [-0.25, -0.2) is 8.42 Å². The molecule has 0 fully saturated rings. The first-order chi connectivity index (χ1) is 21.5. The molecule has 0 saturated carbocycles. The Labute approximate surface area is 283 Å². The molecule has 0 aliphatic rings. The van der Waals surface area contributed by atoms with Crippen LogP contribution in [0.25, 0.3) is 0 Å². The molecule has 1 N–H and O–H groups in total. The zero-order chi connectivity index (χ0) is 32.6. The van der Waals surface area contributed by atoms with Gasteiger partial charge < -0.3 is 10.2 Å². The number of nitrogens with one attached hydrogen (secondary N) is 1. The second kappa shape index (κ2) is 15.8. The third kappa shape index (κ3) is 9.10. The van der Waals surface area contributed by atoms with E-state index in [-0.39, 0.29) is 29.8 Å². The van der Waals surface area contributed by atoms with Gasteiger partial charge in [-0.05, 0) is 66.9 Å². The maximum atomic E-state index is 14.5. The van der Waals surface area contributed by atoms with Crippen molar-refractivity contribution < 1.29 is 18.0 Å². The SMILES string of the molecule is CC[C@@H](C)NC(=O)[C@H](Cc1ccccc1)N(Cc1ccc(Cl)c(Cl)c1)C(=O)CN(c1cccc(Br)c1)S(=O)(=O)c1ccccc1. The molecule has 0 spiro atoms. The van der Waals surface area contributed by atoms with Gasteiger partial charge in [-0.3, -0.25) is 13.9 Å². The topological polar surface area (TPSA) is 86.8 Å². The largest absolute Gasteiger partial charge is 0.352 e.